The lowest BCUT2D eigenvalue weighted by atomic mass is 9.70. The number of urea groups is 1. The Kier molecular flexibility index (Phi) is 4.04. The van der Waals surface area contributed by atoms with Gasteiger partial charge in [0.2, 0.25) is 0 Å². The molecule has 1 aliphatic heterocycles. The smallest absolute Gasteiger partial charge is 0.318 e. The quantitative estimate of drug-likeness (QED) is 0.828. The van der Waals surface area contributed by atoms with Crippen LogP contribution in [0.5, 0.6) is 0 Å². The Balaban J connectivity index is 1.43. The lowest BCUT2D eigenvalue weighted by molar-refractivity contribution is 0.113. The zero-order chi connectivity index (χ0) is 20.4. The Bertz CT molecular complexity index is 957. The van der Waals surface area contributed by atoms with Crippen LogP contribution in [0.3, 0.4) is 0 Å². The molecule has 2 amide bonds. The van der Waals surface area contributed by atoms with E-state index in [0.29, 0.717) is 18.4 Å². The number of amides is 2. The highest BCUT2D eigenvalue weighted by Crippen LogP contribution is 2.64. The van der Waals surface area contributed by atoms with Gasteiger partial charge in [-0.05, 0) is 73.8 Å². The molecule has 2 aromatic rings. The zero-order valence-electron chi connectivity index (χ0n) is 17.0. The number of benzene rings is 2. The van der Waals surface area contributed by atoms with Gasteiger partial charge in [0.1, 0.15) is 5.82 Å². The normalized spacial score (nSPS) is 30.1. The van der Waals surface area contributed by atoms with Crippen molar-refractivity contribution in [3.8, 4) is 0 Å². The van der Waals surface area contributed by atoms with Gasteiger partial charge in [-0.3, -0.25) is 0 Å². The first-order valence-corrected chi connectivity index (χ1v) is 10.5. The van der Waals surface area contributed by atoms with E-state index >= 15 is 0 Å². The van der Waals surface area contributed by atoms with Crippen molar-refractivity contribution in [3.63, 3.8) is 0 Å². The molecule has 2 aliphatic carbocycles. The van der Waals surface area contributed by atoms with Gasteiger partial charge < -0.3 is 16.0 Å². The van der Waals surface area contributed by atoms with Crippen molar-refractivity contribution in [2.24, 2.45) is 17.6 Å². The molecule has 0 aromatic heterocycles. The van der Waals surface area contributed by atoms with Crippen LogP contribution in [0, 0.1) is 17.7 Å². The summed E-state index contributed by atoms with van der Waals surface area (Å²) < 4.78 is 13.5. The minimum absolute atomic E-state index is 0.0351. The lowest BCUT2D eigenvalue weighted by Crippen LogP contribution is -2.60. The highest BCUT2D eigenvalue weighted by molar-refractivity contribution is 5.77. The van der Waals surface area contributed by atoms with Crippen LogP contribution in [0.25, 0.3) is 0 Å². The number of halogens is 1. The van der Waals surface area contributed by atoms with Gasteiger partial charge in [-0.1, -0.05) is 36.4 Å². The van der Waals surface area contributed by atoms with Crippen LogP contribution in [-0.2, 0) is 6.42 Å². The number of hydrogen-bond acceptors (Lipinski definition) is 2. The molecule has 4 atom stereocenters. The fourth-order valence-electron chi connectivity index (χ4n) is 5.51. The maximum atomic E-state index is 13.5. The molecule has 0 saturated heterocycles. The first kappa shape index (κ1) is 18.6. The molecule has 2 saturated carbocycles. The lowest BCUT2D eigenvalue weighted by Gasteiger charge is -2.46. The number of hydrogen-bond donors (Lipinski definition) is 2. The van der Waals surface area contributed by atoms with Crippen molar-refractivity contribution < 1.29 is 9.18 Å². The van der Waals surface area contributed by atoms with Gasteiger partial charge in [-0.15, -0.1) is 0 Å². The maximum absolute atomic E-state index is 13.5. The van der Waals surface area contributed by atoms with Crippen LogP contribution >= 0.6 is 0 Å². The van der Waals surface area contributed by atoms with E-state index in [1.54, 1.807) is 12.1 Å². The van der Waals surface area contributed by atoms with E-state index < -0.39 is 0 Å². The van der Waals surface area contributed by atoms with Crippen LogP contribution in [-0.4, -0.2) is 28.6 Å². The van der Waals surface area contributed by atoms with E-state index in [4.69, 9.17) is 5.73 Å². The molecule has 29 heavy (non-hydrogen) atoms. The fraction of sp³-hybridized carbons (Fsp3) is 0.458. The van der Waals surface area contributed by atoms with E-state index in [-0.39, 0.29) is 29.0 Å². The van der Waals surface area contributed by atoms with Crippen molar-refractivity contribution in [3.05, 3.63) is 71.0 Å². The van der Waals surface area contributed by atoms with E-state index in [0.717, 1.165) is 30.4 Å². The molecule has 1 heterocycles. The summed E-state index contributed by atoms with van der Waals surface area (Å²) in [5, 5.41) is 3.30. The Labute approximate surface area is 171 Å². The molecule has 3 aliphatic rings. The third-order valence-electron chi connectivity index (χ3n) is 7.35. The summed E-state index contributed by atoms with van der Waals surface area (Å²) in [4.78, 5) is 15.3. The monoisotopic (exact) mass is 393 g/mol. The van der Waals surface area contributed by atoms with Crippen molar-refractivity contribution in [1.29, 1.82) is 0 Å². The van der Waals surface area contributed by atoms with Crippen LogP contribution < -0.4 is 11.1 Å². The highest BCUT2D eigenvalue weighted by atomic mass is 19.1. The largest absolute Gasteiger partial charge is 0.333 e. The number of carbonyl (C=O) groups excluding carboxylic acids is 1. The van der Waals surface area contributed by atoms with Crippen molar-refractivity contribution in [2.45, 2.75) is 50.2 Å². The van der Waals surface area contributed by atoms with Gasteiger partial charge in [-0.25, -0.2) is 9.18 Å². The first-order valence-electron chi connectivity index (χ1n) is 10.5. The molecule has 2 aromatic carbocycles. The minimum Gasteiger partial charge on any atom is -0.333 e. The van der Waals surface area contributed by atoms with Gasteiger partial charge in [-0.2, -0.15) is 0 Å². The highest BCUT2D eigenvalue weighted by Gasteiger charge is 2.68. The molecule has 2 fully saturated rings. The molecular formula is C24H28FN3O. The Hall–Kier alpha value is -2.40. The molecule has 0 radical (unpaired) electrons. The second kappa shape index (κ2) is 6.30. The summed E-state index contributed by atoms with van der Waals surface area (Å²) in [5.74, 6) is 0.695. The van der Waals surface area contributed by atoms with Crippen molar-refractivity contribution in [1.82, 2.24) is 10.2 Å². The van der Waals surface area contributed by atoms with E-state index in [2.05, 4.69) is 31.3 Å². The van der Waals surface area contributed by atoms with Crippen LogP contribution in [0.2, 0.25) is 0 Å². The average molecular weight is 394 g/mol. The number of nitrogens with zero attached hydrogens (tertiary/aromatic N) is 1. The molecule has 3 N–H and O–H groups in total. The summed E-state index contributed by atoms with van der Waals surface area (Å²) in [6, 6.07) is 14.5. The Morgan fingerprint density at radius 3 is 2.55 bits per heavy atom. The summed E-state index contributed by atoms with van der Waals surface area (Å²) >= 11 is 0. The van der Waals surface area contributed by atoms with Crippen LogP contribution in [0.1, 0.15) is 49.4 Å². The molecule has 5 rings (SSSR count). The summed E-state index contributed by atoms with van der Waals surface area (Å²) in [5.41, 5.74) is 9.29. The maximum Gasteiger partial charge on any atom is 0.318 e. The number of fused-ring (bicyclic) bond motifs is 2. The second-order valence-corrected chi connectivity index (χ2v) is 9.60. The number of carbonyl (C=O) groups is 1. The first-order chi connectivity index (χ1) is 13.8. The number of nitrogens with one attached hydrogen (secondary N) is 1. The average Bonchev–Trinajstić information content (AvgIpc) is 3.21. The molecule has 0 bridgehead atoms. The standard InChI is InChI=1S/C24H28FN3O/c1-23(2,19-13-24(26)14-20(19)24)27-22(29)28-12-11-15-5-3-4-6-18(15)21(28)16-7-9-17(25)10-8-16/h3-10,19-21H,11-14,26H2,1-2H3,(H,27,29)/t19-,20?,21+,24?/m1/s1. The summed E-state index contributed by atoms with van der Waals surface area (Å²) in [7, 11) is 0. The zero-order valence-corrected chi connectivity index (χ0v) is 17.0. The van der Waals surface area contributed by atoms with Gasteiger partial charge in [0, 0.05) is 17.6 Å². The van der Waals surface area contributed by atoms with Gasteiger partial charge in [0.25, 0.3) is 0 Å². The minimum atomic E-state index is -0.300. The summed E-state index contributed by atoms with van der Waals surface area (Å²) in [6.07, 6.45) is 2.88. The number of rotatable bonds is 3. The predicted octanol–water partition coefficient (Wildman–Crippen LogP) is 4.00. The topological polar surface area (TPSA) is 58.4 Å². The third kappa shape index (κ3) is 3.03. The molecule has 0 spiro atoms. The Morgan fingerprint density at radius 1 is 1.17 bits per heavy atom. The number of nitrogens with two attached hydrogens (primary N) is 1. The van der Waals surface area contributed by atoms with Gasteiger partial charge >= 0.3 is 6.03 Å². The molecular weight excluding hydrogens is 365 g/mol. The molecule has 4 nitrogen and oxygen atoms in total. The molecule has 152 valence electrons. The summed E-state index contributed by atoms with van der Waals surface area (Å²) in [6.45, 7) is 4.85. The van der Waals surface area contributed by atoms with E-state index in [1.807, 2.05) is 17.0 Å². The van der Waals surface area contributed by atoms with Crippen LogP contribution in [0.4, 0.5) is 9.18 Å². The third-order valence-corrected chi connectivity index (χ3v) is 7.35. The van der Waals surface area contributed by atoms with E-state index in [9.17, 15) is 9.18 Å². The van der Waals surface area contributed by atoms with Crippen molar-refractivity contribution >= 4 is 6.03 Å². The van der Waals surface area contributed by atoms with Crippen LogP contribution in [0.15, 0.2) is 48.5 Å². The fourth-order valence-corrected chi connectivity index (χ4v) is 5.51. The SMILES string of the molecule is CC(C)(NC(=O)N1CCc2ccccc2[C@@H]1c1ccc(F)cc1)[C@@H]1CC2(N)CC12. The predicted molar refractivity (Wildman–Crippen MR) is 111 cm³/mol. The molecule has 2 unspecified atom stereocenters. The molecule has 5 heteroatoms. The van der Waals surface area contributed by atoms with Crippen molar-refractivity contribution in [2.75, 3.05) is 6.54 Å². The van der Waals surface area contributed by atoms with E-state index in [1.165, 1.54) is 17.7 Å². The van der Waals surface area contributed by atoms with Gasteiger partial charge in [0.05, 0.1) is 6.04 Å². The Morgan fingerprint density at radius 2 is 1.90 bits per heavy atom. The van der Waals surface area contributed by atoms with Gasteiger partial charge in [0.15, 0.2) is 0 Å². The second-order valence-electron chi connectivity index (χ2n) is 9.60.